The summed E-state index contributed by atoms with van der Waals surface area (Å²) in [5.41, 5.74) is -0.218. The topological polar surface area (TPSA) is 121 Å². The molecule has 0 saturated carbocycles. The summed E-state index contributed by atoms with van der Waals surface area (Å²) in [6.45, 7) is 1.45. The van der Waals surface area contributed by atoms with Gasteiger partial charge in [0, 0.05) is 17.4 Å². The first kappa shape index (κ1) is 28.3. The van der Waals surface area contributed by atoms with Gasteiger partial charge in [-0.2, -0.15) is 13.2 Å². The Kier molecular flexibility index (Phi) is 8.80. The maximum absolute atomic E-state index is 14.4. The highest BCUT2D eigenvalue weighted by atomic mass is 32.2. The molecule has 1 unspecified atom stereocenters. The summed E-state index contributed by atoms with van der Waals surface area (Å²) < 4.78 is 114. The molecule has 0 spiro atoms. The Bertz CT molecular complexity index is 1320. The largest absolute Gasteiger partial charge is 0.490 e. The first-order valence-electron chi connectivity index (χ1n) is 9.41. The fraction of sp³-hybridized carbons (Fsp3) is 0.150. The molecule has 3 aromatic rings. The van der Waals surface area contributed by atoms with E-state index in [-0.39, 0.29) is 17.1 Å². The van der Waals surface area contributed by atoms with Crippen molar-refractivity contribution in [2.24, 2.45) is 0 Å². The first-order chi connectivity index (χ1) is 16.6. The third-order valence-electron chi connectivity index (χ3n) is 4.14. The number of aliphatic carboxylic acids is 1. The van der Waals surface area contributed by atoms with E-state index in [0.29, 0.717) is 0 Å². The van der Waals surface area contributed by atoms with E-state index in [9.17, 15) is 39.2 Å². The Balaban J connectivity index is 0.000000572. The molecule has 0 fully saturated rings. The van der Waals surface area contributed by atoms with Crippen LogP contribution < -0.4 is 10.0 Å². The third-order valence-corrected chi connectivity index (χ3v) is 5.54. The number of rotatable bonds is 6. The van der Waals surface area contributed by atoms with Crippen molar-refractivity contribution in [3.05, 3.63) is 77.8 Å². The summed E-state index contributed by atoms with van der Waals surface area (Å²) in [6.07, 6.45) is -2.78. The van der Waals surface area contributed by atoms with Crippen molar-refractivity contribution >= 4 is 27.5 Å². The summed E-state index contributed by atoms with van der Waals surface area (Å²) in [6, 6.07) is 4.65. The van der Waals surface area contributed by atoms with E-state index >= 15 is 0 Å². The summed E-state index contributed by atoms with van der Waals surface area (Å²) in [5.74, 6) is -7.06. The van der Waals surface area contributed by atoms with Gasteiger partial charge < -0.3 is 10.4 Å². The molecule has 2 aromatic carbocycles. The van der Waals surface area contributed by atoms with Crippen molar-refractivity contribution in [2.45, 2.75) is 24.0 Å². The normalized spacial score (nSPS) is 12.2. The minimum Gasteiger partial charge on any atom is -0.475 e. The van der Waals surface area contributed by atoms with Crippen LogP contribution in [0.25, 0.3) is 0 Å². The van der Waals surface area contributed by atoms with Gasteiger partial charge in [-0.3, -0.25) is 4.72 Å². The zero-order valence-electron chi connectivity index (χ0n) is 17.8. The fourth-order valence-electron chi connectivity index (χ4n) is 2.61. The second-order valence-corrected chi connectivity index (χ2v) is 8.42. The molecule has 194 valence electrons. The summed E-state index contributed by atoms with van der Waals surface area (Å²) in [5, 5.41) is 9.74. The lowest BCUT2D eigenvalue weighted by Gasteiger charge is -2.17. The summed E-state index contributed by atoms with van der Waals surface area (Å²) in [7, 11) is -4.61. The number of nitrogens with zero attached hydrogens (tertiary/aromatic N) is 2. The van der Waals surface area contributed by atoms with Gasteiger partial charge in [0.2, 0.25) is 0 Å². The zero-order chi connectivity index (χ0) is 27.3. The average Bonchev–Trinajstić information content (AvgIpc) is 2.74. The molecular weight excluding hydrogens is 525 g/mol. The predicted octanol–water partition coefficient (Wildman–Crippen LogP) is 4.64. The van der Waals surface area contributed by atoms with Crippen molar-refractivity contribution in [3.63, 3.8) is 0 Å². The van der Waals surface area contributed by atoms with Crippen LogP contribution >= 0.6 is 0 Å². The SMILES string of the molecule is CC(Nc1cc(F)c(S(=O)(=O)Nc2ccncn2)c(F)c1)c1cc(F)ccc1F.O=C(O)C(F)(F)F. The maximum atomic E-state index is 14.4. The predicted molar refractivity (Wildman–Crippen MR) is 111 cm³/mol. The van der Waals surface area contributed by atoms with Crippen LogP contribution in [0.2, 0.25) is 0 Å². The van der Waals surface area contributed by atoms with E-state index in [0.717, 1.165) is 36.7 Å². The van der Waals surface area contributed by atoms with E-state index in [1.807, 2.05) is 4.72 Å². The monoisotopic (exact) mass is 540 g/mol. The van der Waals surface area contributed by atoms with Gasteiger partial charge in [-0.15, -0.1) is 0 Å². The first-order valence-corrected chi connectivity index (χ1v) is 10.9. The van der Waals surface area contributed by atoms with E-state index in [4.69, 9.17) is 9.90 Å². The molecule has 0 radical (unpaired) electrons. The number of anilines is 2. The summed E-state index contributed by atoms with van der Waals surface area (Å²) >= 11 is 0. The van der Waals surface area contributed by atoms with Crippen LogP contribution in [0.5, 0.6) is 0 Å². The Hall–Kier alpha value is -3.95. The van der Waals surface area contributed by atoms with E-state index in [1.165, 1.54) is 19.2 Å². The van der Waals surface area contributed by atoms with Gasteiger partial charge in [0.1, 0.15) is 35.4 Å². The molecule has 1 aromatic heterocycles. The third kappa shape index (κ3) is 7.53. The van der Waals surface area contributed by atoms with Crippen molar-refractivity contribution in [1.82, 2.24) is 9.97 Å². The van der Waals surface area contributed by atoms with E-state index in [1.54, 1.807) is 0 Å². The number of nitrogens with one attached hydrogen (secondary N) is 2. The van der Waals surface area contributed by atoms with E-state index < -0.39 is 56.4 Å². The van der Waals surface area contributed by atoms with Crippen molar-refractivity contribution < 1.29 is 49.1 Å². The number of carbonyl (C=O) groups is 1. The van der Waals surface area contributed by atoms with Crippen LogP contribution in [0.4, 0.5) is 42.2 Å². The number of hydrogen-bond donors (Lipinski definition) is 3. The van der Waals surface area contributed by atoms with Crippen LogP contribution in [0.1, 0.15) is 18.5 Å². The average molecular weight is 540 g/mol. The molecule has 36 heavy (non-hydrogen) atoms. The molecule has 0 amide bonds. The van der Waals surface area contributed by atoms with Crippen LogP contribution in [0.15, 0.2) is 53.8 Å². The molecule has 16 heteroatoms. The van der Waals surface area contributed by atoms with Gasteiger partial charge in [0.05, 0.1) is 6.04 Å². The quantitative estimate of drug-likeness (QED) is 0.390. The number of aromatic nitrogens is 2. The number of benzene rings is 2. The molecule has 0 saturated heterocycles. The van der Waals surface area contributed by atoms with Crippen LogP contribution in [0.3, 0.4) is 0 Å². The molecule has 1 atom stereocenters. The van der Waals surface area contributed by atoms with Gasteiger partial charge in [-0.25, -0.2) is 40.7 Å². The highest BCUT2D eigenvalue weighted by molar-refractivity contribution is 7.92. The van der Waals surface area contributed by atoms with Crippen LogP contribution in [-0.4, -0.2) is 35.6 Å². The summed E-state index contributed by atoms with van der Waals surface area (Å²) in [4.78, 5) is 14.9. The number of sulfonamides is 1. The Morgan fingerprint density at radius 1 is 1.00 bits per heavy atom. The lowest BCUT2D eigenvalue weighted by molar-refractivity contribution is -0.192. The number of hydrogen-bond acceptors (Lipinski definition) is 6. The molecule has 0 aliphatic rings. The number of carboxylic acid groups (broad SMARTS) is 1. The highest BCUT2D eigenvalue weighted by Crippen LogP contribution is 2.28. The molecule has 1 heterocycles. The molecule has 0 aliphatic carbocycles. The Morgan fingerprint density at radius 2 is 1.58 bits per heavy atom. The van der Waals surface area contributed by atoms with Crippen LogP contribution in [-0.2, 0) is 14.8 Å². The molecule has 3 rings (SSSR count). The maximum Gasteiger partial charge on any atom is 0.490 e. The molecular formula is C20H15F7N4O4S. The molecule has 0 aliphatic heterocycles. The lowest BCUT2D eigenvalue weighted by Crippen LogP contribution is -2.21. The Labute approximate surface area is 198 Å². The zero-order valence-corrected chi connectivity index (χ0v) is 18.6. The molecule has 3 N–H and O–H groups in total. The minimum atomic E-state index is -5.08. The van der Waals surface area contributed by atoms with Crippen LogP contribution in [0, 0.1) is 23.3 Å². The molecule has 0 bridgehead atoms. The van der Waals surface area contributed by atoms with Crippen molar-refractivity contribution in [3.8, 4) is 0 Å². The number of alkyl halides is 3. The molecule has 8 nitrogen and oxygen atoms in total. The second kappa shape index (κ2) is 11.2. The van der Waals surface area contributed by atoms with Gasteiger partial charge >= 0.3 is 12.1 Å². The highest BCUT2D eigenvalue weighted by Gasteiger charge is 2.38. The number of carboxylic acids is 1. The van der Waals surface area contributed by atoms with E-state index in [2.05, 4.69) is 15.3 Å². The van der Waals surface area contributed by atoms with Gasteiger partial charge in [0.15, 0.2) is 4.90 Å². The standard InChI is InChI=1S/C18H14F4N4O2S.C2HF3O2/c1-10(13-6-11(19)2-3-14(13)20)25-12-7-15(21)18(16(22)8-12)29(27,28)26-17-4-5-23-9-24-17;3-2(4,5)1(6)7/h2-10,25H,1H3,(H,23,24,26);(H,6,7). The van der Waals surface area contributed by atoms with Crippen molar-refractivity contribution in [1.29, 1.82) is 0 Å². The number of halogens is 7. The minimum absolute atomic E-state index is 0.0621. The smallest absolute Gasteiger partial charge is 0.475 e. The second-order valence-electron chi connectivity index (χ2n) is 6.80. The fourth-order valence-corrected chi connectivity index (χ4v) is 3.74. The Morgan fingerprint density at radius 3 is 2.08 bits per heavy atom. The van der Waals surface area contributed by atoms with Crippen molar-refractivity contribution in [2.75, 3.05) is 10.0 Å². The van der Waals surface area contributed by atoms with Gasteiger partial charge in [-0.1, -0.05) is 0 Å². The van der Waals surface area contributed by atoms with Gasteiger partial charge in [0.25, 0.3) is 10.0 Å². The van der Waals surface area contributed by atoms with Gasteiger partial charge in [-0.05, 0) is 43.3 Å². The lowest BCUT2D eigenvalue weighted by atomic mass is 10.1.